The van der Waals surface area contributed by atoms with Gasteiger partial charge in [-0.15, -0.1) is 0 Å². The van der Waals surface area contributed by atoms with Gasteiger partial charge in [0, 0.05) is 0 Å². The average Bonchev–Trinajstić information content (AvgIpc) is 1.81. The zero-order chi connectivity index (χ0) is 10.5. The summed E-state index contributed by atoms with van der Waals surface area (Å²) < 4.78 is 18.0. The van der Waals surface area contributed by atoms with Crippen molar-refractivity contribution < 1.29 is 8.51 Å². The van der Waals surface area contributed by atoms with Crippen LogP contribution in [-0.4, -0.2) is 23.3 Å². The van der Waals surface area contributed by atoms with Gasteiger partial charge in [0.1, 0.15) is 0 Å². The molecule has 0 rings (SSSR count). The van der Waals surface area contributed by atoms with Crippen LogP contribution in [0.25, 0.3) is 0 Å². The average molecular weight is 222 g/mol. The molecule has 0 heterocycles. The number of hydrogen-bond acceptors (Lipinski definition) is 1. The Bertz CT molecular complexity index is 143. The van der Waals surface area contributed by atoms with Crippen molar-refractivity contribution >= 4 is 16.6 Å². The SMILES string of the molecule is C[Si](C)(C)O[Si](C)(C)CCCCF. The first-order valence-corrected chi connectivity index (χ1v) is 11.6. The summed E-state index contributed by atoms with van der Waals surface area (Å²) in [7, 11) is -2.87. The maximum absolute atomic E-state index is 11.9. The second kappa shape index (κ2) is 5.27. The van der Waals surface area contributed by atoms with Gasteiger partial charge in [0.25, 0.3) is 0 Å². The second-order valence-corrected chi connectivity index (χ2v) is 14.2. The number of rotatable bonds is 6. The Morgan fingerprint density at radius 2 is 1.54 bits per heavy atom. The molecule has 0 atom stereocenters. The first kappa shape index (κ1) is 13.3. The van der Waals surface area contributed by atoms with Gasteiger partial charge in [-0.2, -0.15) is 0 Å². The molecule has 0 saturated carbocycles. The normalized spacial score (nSPS) is 13.4. The molecule has 0 aromatic rings. The molecule has 0 aromatic heterocycles. The molecular formula is C9H23FOSi2. The van der Waals surface area contributed by atoms with Crippen molar-refractivity contribution in [2.75, 3.05) is 6.67 Å². The lowest BCUT2D eigenvalue weighted by Crippen LogP contribution is -2.42. The van der Waals surface area contributed by atoms with Gasteiger partial charge in [-0.05, 0) is 45.2 Å². The molecule has 1 nitrogen and oxygen atoms in total. The molecule has 0 bridgehead atoms. The molecule has 0 saturated heterocycles. The summed E-state index contributed by atoms with van der Waals surface area (Å²) in [5.41, 5.74) is 0. The Morgan fingerprint density at radius 1 is 1.00 bits per heavy atom. The highest BCUT2D eigenvalue weighted by atomic mass is 28.4. The maximum Gasteiger partial charge on any atom is 0.173 e. The fraction of sp³-hybridized carbons (Fsp3) is 1.00. The van der Waals surface area contributed by atoms with Gasteiger partial charge < -0.3 is 4.12 Å². The number of unbranched alkanes of at least 4 members (excludes halogenated alkanes) is 1. The molecule has 0 amide bonds. The number of hydrogen-bond donors (Lipinski definition) is 0. The molecule has 0 aliphatic rings. The Labute approximate surface area is 83.9 Å². The van der Waals surface area contributed by atoms with Crippen LogP contribution in [0.15, 0.2) is 0 Å². The Hall–Kier alpha value is 0.324. The van der Waals surface area contributed by atoms with E-state index in [9.17, 15) is 4.39 Å². The van der Waals surface area contributed by atoms with Crippen molar-refractivity contribution in [2.24, 2.45) is 0 Å². The zero-order valence-electron chi connectivity index (χ0n) is 9.61. The topological polar surface area (TPSA) is 9.23 Å². The first-order chi connectivity index (χ1) is 5.77. The van der Waals surface area contributed by atoms with E-state index in [2.05, 4.69) is 32.7 Å². The van der Waals surface area contributed by atoms with Crippen molar-refractivity contribution in [1.29, 1.82) is 0 Å². The van der Waals surface area contributed by atoms with E-state index in [-0.39, 0.29) is 6.67 Å². The summed E-state index contributed by atoms with van der Waals surface area (Å²) in [4.78, 5) is 0. The van der Waals surface area contributed by atoms with Crippen LogP contribution >= 0.6 is 0 Å². The Morgan fingerprint density at radius 3 is 1.92 bits per heavy atom. The van der Waals surface area contributed by atoms with Crippen LogP contribution < -0.4 is 0 Å². The smallest absolute Gasteiger partial charge is 0.173 e. The third kappa shape index (κ3) is 8.65. The molecule has 0 aromatic carbocycles. The minimum atomic E-state index is -1.48. The third-order valence-electron chi connectivity index (χ3n) is 1.74. The molecule has 0 aliphatic carbocycles. The van der Waals surface area contributed by atoms with Crippen LogP contribution in [0.4, 0.5) is 4.39 Å². The van der Waals surface area contributed by atoms with E-state index >= 15 is 0 Å². The van der Waals surface area contributed by atoms with E-state index in [1.165, 1.54) is 0 Å². The van der Waals surface area contributed by atoms with Crippen molar-refractivity contribution in [1.82, 2.24) is 0 Å². The quantitative estimate of drug-likeness (QED) is 0.491. The molecule has 0 radical (unpaired) electrons. The lowest BCUT2D eigenvalue weighted by molar-refractivity contribution is 0.462. The lowest BCUT2D eigenvalue weighted by Gasteiger charge is -2.31. The van der Waals surface area contributed by atoms with E-state index in [0.29, 0.717) is 6.42 Å². The van der Waals surface area contributed by atoms with Crippen LogP contribution in [0.2, 0.25) is 38.8 Å². The summed E-state index contributed by atoms with van der Waals surface area (Å²) in [5, 5.41) is 0. The van der Waals surface area contributed by atoms with Gasteiger partial charge in [-0.25, -0.2) is 0 Å². The van der Waals surface area contributed by atoms with Crippen molar-refractivity contribution in [3.8, 4) is 0 Å². The first-order valence-electron chi connectivity index (χ1n) is 5.03. The molecule has 0 fully saturated rings. The van der Waals surface area contributed by atoms with Gasteiger partial charge >= 0.3 is 0 Å². The standard InChI is InChI=1S/C9H23FOSi2/c1-12(2,3)11-13(4,5)9-7-6-8-10/h6-9H2,1-5H3. The summed E-state index contributed by atoms with van der Waals surface area (Å²) in [6.45, 7) is 11.0. The zero-order valence-corrected chi connectivity index (χ0v) is 11.6. The van der Waals surface area contributed by atoms with Gasteiger partial charge in [0.2, 0.25) is 0 Å². The van der Waals surface area contributed by atoms with Gasteiger partial charge in [0.05, 0.1) is 6.67 Å². The Balaban J connectivity index is 3.80. The lowest BCUT2D eigenvalue weighted by atomic mass is 10.4. The Kier molecular flexibility index (Phi) is 5.40. The fourth-order valence-corrected chi connectivity index (χ4v) is 9.67. The number of alkyl halides is 1. The van der Waals surface area contributed by atoms with E-state index < -0.39 is 16.6 Å². The predicted octanol–water partition coefficient (Wildman–Crippen LogP) is 3.79. The molecule has 0 N–H and O–H groups in total. The monoisotopic (exact) mass is 222 g/mol. The third-order valence-corrected chi connectivity index (χ3v) is 7.96. The predicted molar refractivity (Wildman–Crippen MR) is 61.9 cm³/mol. The van der Waals surface area contributed by atoms with E-state index in [4.69, 9.17) is 4.12 Å². The minimum absolute atomic E-state index is 0.183. The summed E-state index contributed by atoms with van der Waals surface area (Å²) in [6.07, 6.45) is 1.69. The van der Waals surface area contributed by atoms with Crippen LogP contribution in [0, 0.1) is 0 Å². The summed E-state index contributed by atoms with van der Waals surface area (Å²) >= 11 is 0. The molecule has 80 valence electrons. The molecule has 13 heavy (non-hydrogen) atoms. The largest absolute Gasteiger partial charge is 0.456 e. The van der Waals surface area contributed by atoms with Crippen LogP contribution in [0.3, 0.4) is 0 Å². The molecule has 0 unspecified atom stereocenters. The van der Waals surface area contributed by atoms with Crippen LogP contribution in [-0.2, 0) is 4.12 Å². The number of halogens is 1. The van der Waals surface area contributed by atoms with E-state index in [1.807, 2.05) is 0 Å². The fourth-order valence-electron chi connectivity index (χ4n) is 1.53. The summed E-state index contributed by atoms with van der Waals surface area (Å²) in [5.74, 6) is 0. The molecule has 0 spiro atoms. The van der Waals surface area contributed by atoms with Gasteiger partial charge in [-0.1, -0.05) is 6.42 Å². The van der Waals surface area contributed by atoms with E-state index in [1.54, 1.807) is 0 Å². The van der Waals surface area contributed by atoms with Gasteiger partial charge in [0.15, 0.2) is 16.6 Å². The highest BCUT2D eigenvalue weighted by Gasteiger charge is 2.28. The van der Waals surface area contributed by atoms with Crippen molar-refractivity contribution in [3.05, 3.63) is 0 Å². The van der Waals surface area contributed by atoms with Crippen LogP contribution in [0.1, 0.15) is 12.8 Å². The highest BCUT2D eigenvalue weighted by molar-refractivity contribution is 6.84. The maximum atomic E-state index is 11.9. The molecule has 0 aliphatic heterocycles. The van der Waals surface area contributed by atoms with E-state index in [0.717, 1.165) is 12.5 Å². The van der Waals surface area contributed by atoms with Crippen molar-refractivity contribution in [2.45, 2.75) is 51.6 Å². The molecular weight excluding hydrogens is 199 g/mol. The van der Waals surface area contributed by atoms with Gasteiger partial charge in [-0.3, -0.25) is 4.39 Å². The van der Waals surface area contributed by atoms with Crippen LogP contribution in [0.5, 0.6) is 0 Å². The highest BCUT2D eigenvalue weighted by Crippen LogP contribution is 2.20. The minimum Gasteiger partial charge on any atom is -0.456 e. The molecule has 4 heteroatoms. The second-order valence-electron chi connectivity index (χ2n) is 5.12. The summed E-state index contributed by atoms with van der Waals surface area (Å²) in [6, 6.07) is 1.10. The van der Waals surface area contributed by atoms with Crippen molar-refractivity contribution in [3.63, 3.8) is 0 Å².